The highest BCUT2D eigenvalue weighted by molar-refractivity contribution is 7.89. The smallest absolute Gasteiger partial charge is 0.211 e. The number of rotatable bonds is 8. The molecular formula is C12H26N2O3S. The van der Waals surface area contributed by atoms with Crippen molar-refractivity contribution < 1.29 is 13.2 Å². The Labute approximate surface area is 111 Å². The molecule has 108 valence electrons. The normalized spacial score (nSPS) is 18.4. The lowest BCUT2D eigenvalue weighted by atomic mass is 10.0. The lowest BCUT2D eigenvalue weighted by Gasteiger charge is -2.22. The summed E-state index contributed by atoms with van der Waals surface area (Å²) in [6.07, 6.45) is 1.90. The molecule has 0 radical (unpaired) electrons. The zero-order valence-corrected chi connectivity index (χ0v) is 12.3. The van der Waals surface area contributed by atoms with Crippen molar-refractivity contribution in [3.05, 3.63) is 0 Å². The third-order valence-corrected chi connectivity index (χ3v) is 4.49. The van der Waals surface area contributed by atoms with Gasteiger partial charge in [-0.1, -0.05) is 13.8 Å². The molecule has 0 spiro atoms. The molecule has 0 unspecified atom stereocenters. The van der Waals surface area contributed by atoms with Gasteiger partial charge in [0.05, 0.1) is 12.4 Å². The summed E-state index contributed by atoms with van der Waals surface area (Å²) in [5.41, 5.74) is 0. The first kappa shape index (κ1) is 15.9. The first-order valence-corrected chi connectivity index (χ1v) is 8.40. The maximum absolute atomic E-state index is 11.8. The van der Waals surface area contributed by atoms with Crippen molar-refractivity contribution in [3.63, 3.8) is 0 Å². The van der Waals surface area contributed by atoms with Crippen LogP contribution in [-0.2, 0) is 14.8 Å². The molecule has 0 aromatic rings. The highest BCUT2D eigenvalue weighted by Gasteiger charge is 2.20. The fourth-order valence-corrected chi connectivity index (χ4v) is 3.47. The molecule has 0 amide bonds. The fourth-order valence-electron chi connectivity index (χ4n) is 2.01. The standard InChI is InChI=1S/C12H26N2O3S/c1-11(2)9-17-8-7-14-18(15,16)10-12-3-5-13-6-4-12/h11-14H,3-10H2,1-2H3. The van der Waals surface area contributed by atoms with Crippen LogP contribution in [0, 0.1) is 11.8 Å². The minimum absolute atomic E-state index is 0.249. The largest absolute Gasteiger partial charge is 0.380 e. The molecule has 0 bridgehead atoms. The highest BCUT2D eigenvalue weighted by Crippen LogP contribution is 2.13. The van der Waals surface area contributed by atoms with Crippen LogP contribution in [0.1, 0.15) is 26.7 Å². The van der Waals surface area contributed by atoms with Gasteiger partial charge in [0.2, 0.25) is 10.0 Å². The van der Waals surface area contributed by atoms with Crippen molar-refractivity contribution in [1.82, 2.24) is 10.0 Å². The molecule has 6 heteroatoms. The molecule has 1 aliphatic rings. The van der Waals surface area contributed by atoms with Crippen LogP contribution in [-0.4, -0.2) is 47.0 Å². The second-order valence-corrected chi connectivity index (χ2v) is 7.19. The lowest BCUT2D eigenvalue weighted by molar-refractivity contribution is 0.114. The second kappa shape index (κ2) is 8.09. The van der Waals surface area contributed by atoms with E-state index in [0.717, 1.165) is 25.9 Å². The van der Waals surface area contributed by atoms with Crippen molar-refractivity contribution in [2.75, 3.05) is 38.6 Å². The molecule has 0 saturated carbocycles. The maximum atomic E-state index is 11.8. The van der Waals surface area contributed by atoms with Crippen LogP contribution in [0.5, 0.6) is 0 Å². The van der Waals surface area contributed by atoms with Gasteiger partial charge in [0.1, 0.15) is 0 Å². The summed E-state index contributed by atoms with van der Waals surface area (Å²) < 4.78 is 31.6. The van der Waals surface area contributed by atoms with Gasteiger partial charge in [-0.3, -0.25) is 0 Å². The Balaban J connectivity index is 2.14. The molecule has 1 rings (SSSR count). The molecule has 0 aromatic heterocycles. The molecule has 1 aliphatic heterocycles. The van der Waals surface area contributed by atoms with E-state index in [4.69, 9.17) is 4.74 Å². The zero-order valence-electron chi connectivity index (χ0n) is 11.4. The summed E-state index contributed by atoms with van der Waals surface area (Å²) in [4.78, 5) is 0. The molecular weight excluding hydrogens is 252 g/mol. The number of nitrogens with one attached hydrogen (secondary N) is 2. The van der Waals surface area contributed by atoms with E-state index in [1.807, 2.05) is 0 Å². The third kappa shape index (κ3) is 7.31. The van der Waals surface area contributed by atoms with E-state index >= 15 is 0 Å². The van der Waals surface area contributed by atoms with Gasteiger partial charge in [-0.15, -0.1) is 0 Å². The zero-order chi connectivity index (χ0) is 13.4. The number of sulfonamides is 1. The molecule has 1 fully saturated rings. The SMILES string of the molecule is CC(C)COCCNS(=O)(=O)CC1CCNCC1. The van der Waals surface area contributed by atoms with Gasteiger partial charge < -0.3 is 10.1 Å². The van der Waals surface area contributed by atoms with Gasteiger partial charge in [-0.25, -0.2) is 13.1 Å². The average molecular weight is 278 g/mol. The predicted octanol–water partition coefficient (Wildman–Crippen LogP) is 0.578. The van der Waals surface area contributed by atoms with Gasteiger partial charge in [0, 0.05) is 13.2 Å². The first-order valence-electron chi connectivity index (χ1n) is 6.75. The molecule has 1 heterocycles. The molecule has 0 aliphatic carbocycles. The van der Waals surface area contributed by atoms with E-state index < -0.39 is 10.0 Å². The van der Waals surface area contributed by atoms with Crippen LogP contribution in [0.25, 0.3) is 0 Å². The molecule has 2 N–H and O–H groups in total. The summed E-state index contributed by atoms with van der Waals surface area (Å²) in [6.45, 7) is 7.50. The van der Waals surface area contributed by atoms with Crippen LogP contribution < -0.4 is 10.0 Å². The van der Waals surface area contributed by atoms with Crippen LogP contribution in [0.3, 0.4) is 0 Å². The van der Waals surface area contributed by atoms with Crippen LogP contribution >= 0.6 is 0 Å². The number of ether oxygens (including phenoxy) is 1. The van der Waals surface area contributed by atoms with Crippen molar-refractivity contribution in [1.29, 1.82) is 0 Å². The summed E-state index contributed by atoms with van der Waals surface area (Å²) in [5.74, 6) is 1.02. The number of hydrogen-bond donors (Lipinski definition) is 2. The van der Waals surface area contributed by atoms with Crippen LogP contribution in [0.2, 0.25) is 0 Å². The fraction of sp³-hybridized carbons (Fsp3) is 1.00. The first-order chi connectivity index (χ1) is 8.49. The Kier molecular flexibility index (Phi) is 7.14. The number of hydrogen-bond acceptors (Lipinski definition) is 4. The summed E-state index contributed by atoms with van der Waals surface area (Å²) in [7, 11) is -3.14. The summed E-state index contributed by atoms with van der Waals surface area (Å²) in [6, 6.07) is 0. The lowest BCUT2D eigenvalue weighted by Crippen LogP contribution is -2.36. The van der Waals surface area contributed by atoms with E-state index in [2.05, 4.69) is 23.9 Å². The van der Waals surface area contributed by atoms with Gasteiger partial charge in [-0.2, -0.15) is 0 Å². The quantitative estimate of drug-likeness (QED) is 0.637. The Hall–Kier alpha value is -0.170. The van der Waals surface area contributed by atoms with Crippen molar-refractivity contribution in [2.24, 2.45) is 11.8 Å². The topological polar surface area (TPSA) is 67.4 Å². The molecule has 18 heavy (non-hydrogen) atoms. The Morgan fingerprint density at radius 2 is 2.00 bits per heavy atom. The molecule has 0 atom stereocenters. The summed E-state index contributed by atoms with van der Waals surface area (Å²) in [5, 5.41) is 3.24. The van der Waals surface area contributed by atoms with Gasteiger partial charge >= 0.3 is 0 Å². The van der Waals surface area contributed by atoms with E-state index in [0.29, 0.717) is 31.6 Å². The minimum Gasteiger partial charge on any atom is -0.380 e. The van der Waals surface area contributed by atoms with Crippen molar-refractivity contribution in [2.45, 2.75) is 26.7 Å². The van der Waals surface area contributed by atoms with E-state index in [1.165, 1.54) is 0 Å². The molecule has 0 aromatic carbocycles. The Morgan fingerprint density at radius 1 is 1.33 bits per heavy atom. The van der Waals surface area contributed by atoms with Gasteiger partial charge in [0.15, 0.2) is 0 Å². The van der Waals surface area contributed by atoms with Gasteiger partial charge in [-0.05, 0) is 37.8 Å². The van der Waals surface area contributed by atoms with E-state index in [-0.39, 0.29) is 5.75 Å². The van der Waals surface area contributed by atoms with E-state index in [1.54, 1.807) is 0 Å². The Morgan fingerprint density at radius 3 is 2.61 bits per heavy atom. The minimum atomic E-state index is -3.14. The highest BCUT2D eigenvalue weighted by atomic mass is 32.2. The predicted molar refractivity (Wildman–Crippen MR) is 73.0 cm³/mol. The molecule has 1 saturated heterocycles. The van der Waals surface area contributed by atoms with Crippen molar-refractivity contribution >= 4 is 10.0 Å². The summed E-state index contributed by atoms with van der Waals surface area (Å²) >= 11 is 0. The maximum Gasteiger partial charge on any atom is 0.211 e. The van der Waals surface area contributed by atoms with Gasteiger partial charge in [0.25, 0.3) is 0 Å². The second-order valence-electron chi connectivity index (χ2n) is 5.34. The average Bonchev–Trinajstić information content (AvgIpc) is 2.28. The van der Waals surface area contributed by atoms with E-state index in [9.17, 15) is 8.42 Å². The number of piperidine rings is 1. The van der Waals surface area contributed by atoms with Crippen LogP contribution in [0.4, 0.5) is 0 Å². The van der Waals surface area contributed by atoms with Crippen molar-refractivity contribution in [3.8, 4) is 0 Å². The third-order valence-electron chi connectivity index (χ3n) is 2.93. The Bertz CT molecular complexity index is 311. The van der Waals surface area contributed by atoms with Crippen LogP contribution in [0.15, 0.2) is 0 Å². The molecule has 5 nitrogen and oxygen atoms in total. The monoisotopic (exact) mass is 278 g/mol.